The number of aliphatic hydroxyl groups excluding tert-OH is 1. The minimum absolute atomic E-state index is 0.0239. The molecule has 204 valence electrons. The van der Waals surface area contributed by atoms with Crippen LogP contribution in [0.5, 0.6) is 0 Å². The molecule has 1 N–H and O–H groups in total. The highest BCUT2D eigenvalue weighted by Crippen LogP contribution is 2.15. The van der Waals surface area contributed by atoms with Crippen LogP contribution in [0, 0.1) is 0 Å². The summed E-state index contributed by atoms with van der Waals surface area (Å²) < 4.78 is 12.3. The lowest BCUT2D eigenvalue weighted by molar-refractivity contribution is -0.148. The second-order valence-electron chi connectivity index (χ2n) is 10.1. The third-order valence-electron chi connectivity index (χ3n) is 6.63. The highest BCUT2D eigenvalue weighted by molar-refractivity contribution is 4.80. The van der Waals surface area contributed by atoms with Gasteiger partial charge in [-0.25, -0.2) is 0 Å². The van der Waals surface area contributed by atoms with Crippen LogP contribution in [0.15, 0.2) is 12.2 Å². The predicted octanol–water partition coefficient (Wildman–Crippen LogP) is 9.91. The zero-order chi connectivity index (χ0) is 24.8. The normalized spacial score (nSPS) is 11.9. The van der Waals surface area contributed by atoms with Gasteiger partial charge in [0.1, 0.15) is 0 Å². The minimum atomic E-state index is 0.0239. The Labute approximate surface area is 214 Å². The van der Waals surface area contributed by atoms with Gasteiger partial charge in [0, 0.05) is 19.8 Å². The second-order valence-corrected chi connectivity index (χ2v) is 10.1. The molecule has 3 nitrogen and oxygen atoms in total. The highest BCUT2D eigenvalue weighted by Gasteiger charge is 2.09. The third kappa shape index (κ3) is 27.9. The summed E-state index contributed by atoms with van der Waals surface area (Å²) in [6.07, 6.45) is 33.8. The Morgan fingerprint density at radius 2 is 0.912 bits per heavy atom. The summed E-state index contributed by atoms with van der Waals surface area (Å²) in [7, 11) is 0. The summed E-state index contributed by atoms with van der Waals surface area (Å²) in [6.45, 7) is 6.54. The van der Waals surface area contributed by atoms with Gasteiger partial charge >= 0.3 is 0 Å². The van der Waals surface area contributed by atoms with Gasteiger partial charge in [-0.1, -0.05) is 129 Å². The Hall–Kier alpha value is -0.380. The van der Waals surface area contributed by atoms with Crippen molar-refractivity contribution in [3.8, 4) is 0 Å². The molecular formula is C31H62O3. The Morgan fingerprint density at radius 1 is 0.500 bits per heavy atom. The van der Waals surface area contributed by atoms with Crippen LogP contribution in [0.25, 0.3) is 0 Å². The molecule has 0 radical (unpaired) electrons. The van der Waals surface area contributed by atoms with Gasteiger partial charge in [0.25, 0.3) is 0 Å². The van der Waals surface area contributed by atoms with Crippen molar-refractivity contribution in [3.05, 3.63) is 12.2 Å². The molecule has 34 heavy (non-hydrogen) atoms. The number of rotatable bonds is 29. The maximum Gasteiger partial charge on any atom is 0.157 e. The molecule has 0 atom stereocenters. The second kappa shape index (κ2) is 30.7. The largest absolute Gasteiger partial charge is 0.396 e. The average Bonchev–Trinajstić information content (AvgIpc) is 2.85. The molecule has 0 unspecified atom stereocenters. The van der Waals surface area contributed by atoms with E-state index >= 15 is 0 Å². The van der Waals surface area contributed by atoms with Crippen molar-refractivity contribution in [2.45, 2.75) is 168 Å². The van der Waals surface area contributed by atoms with E-state index < -0.39 is 0 Å². The van der Waals surface area contributed by atoms with Crippen molar-refractivity contribution in [3.63, 3.8) is 0 Å². The SMILES string of the molecule is CCCCCCCOC(CCCCCCCCCCCC/C=C/CCO)OCCCCCCC. The summed E-state index contributed by atoms with van der Waals surface area (Å²) in [5, 5.41) is 8.74. The Kier molecular flexibility index (Phi) is 30.3. The number of unbranched alkanes of at least 4 members (excludes halogenated alkanes) is 18. The lowest BCUT2D eigenvalue weighted by Gasteiger charge is -2.19. The maximum atomic E-state index is 8.74. The summed E-state index contributed by atoms with van der Waals surface area (Å²) in [5.41, 5.74) is 0. The Morgan fingerprint density at radius 3 is 1.41 bits per heavy atom. The molecule has 0 fully saturated rings. The number of hydrogen-bond donors (Lipinski definition) is 1. The molecule has 0 aliphatic carbocycles. The van der Waals surface area contributed by atoms with Gasteiger partial charge in [0.15, 0.2) is 6.29 Å². The number of hydrogen-bond acceptors (Lipinski definition) is 3. The molecule has 0 saturated heterocycles. The van der Waals surface area contributed by atoms with E-state index in [2.05, 4.69) is 26.0 Å². The molecule has 3 heteroatoms. The molecule has 0 rings (SSSR count). The first-order valence-corrected chi connectivity index (χ1v) is 15.3. The van der Waals surface area contributed by atoms with Crippen LogP contribution >= 0.6 is 0 Å². The molecule has 0 saturated carbocycles. The van der Waals surface area contributed by atoms with E-state index in [9.17, 15) is 0 Å². The van der Waals surface area contributed by atoms with Crippen molar-refractivity contribution < 1.29 is 14.6 Å². The predicted molar refractivity (Wildman–Crippen MR) is 149 cm³/mol. The lowest BCUT2D eigenvalue weighted by Crippen LogP contribution is -2.19. The van der Waals surface area contributed by atoms with Crippen LogP contribution in [0.2, 0.25) is 0 Å². The average molecular weight is 483 g/mol. The van der Waals surface area contributed by atoms with Crippen LogP contribution in [0.3, 0.4) is 0 Å². The van der Waals surface area contributed by atoms with Crippen molar-refractivity contribution in [1.82, 2.24) is 0 Å². The molecule has 0 aliphatic heterocycles. The van der Waals surface area contributed by atoms with E-state index in [4.69, 9.17) is 14.6 Å². The van der Waals surface area contributed by atoms with E-state index in [1.807, 2.05) is 0 Å². The van der Waals surface area contributed by atoms with Gasteiger partial charge < -0.3 is 14.6 Å². The van der Waals surface area contributed by atoms with Gasteiger partial charge in [0.05, 0.1) is 0 Å². The first-order chi connectivity index (χ1) is 16.8. The standard InChI is InChI=1S/C31H62O3/c1-3-5-7-21-25-29-33-31(34-30-26-22-8-6-4-2)27-23-19-17-15-13-11-9-10-12-14-16-18-20-24-28-32/h18,20,31-32H,3-17,19,21-30H2,1-2H3/b20-18+. The van der Waals surface area contributed by atoms with Crippen LogP contribution in [-0.4, -0.2) is 31.2 Å². The topological polar surface area (TPSA) is 38.7 Å². The van der Waals surface area contributed by atoms with Gasteiger partial charge in [-0.15, -0.1) is 0 Å². The number of allylic oxidation sites excluding steroid dienone is 1. The first-order valence-electron chi connectivity index (χ1n) is 15.3. The van der Waals surface area contributed by atoms with E-state index in [1.54, 1.807) is 0 Å². The van der Waals surface area contributed by atoms with E-state index in [1.165, 1.54) is 135 Å². The molecule has 0 aromatic heterocycles. The van der Waals surface area contributed by atoms with Crippen molar-refractivity contribution in [1.29, 1.82) is 0 Å². The maximum absolute atomic E-state index is 8.74. The van der Waals surface area contributed by atoms with E-state index in [0.29, 0.717) is 0 Å². The summed E-state index contributed by atoms with van der Waals surface area (Å²) in [6, 6.07) is 0. The first kappa shape index (κ1) is 33.6. The van der Waals surface area contributed by atoms with Gasteiger partial charge in [-0.3, -0.25) is 0 Å². The van der Waals surface area contributed by atoms with E-state index in [-0.39, 0.29) is 12.9 Å². The number of ether oxygens (including phenoxy) is 2. The summed E-state index contributed by atoms with van der Waals surface area (Å²) in [4.78, 5) is 0. The summed E-state index contributed by atoms with van der Waals surface area (Å²) in [5.74, 6) is 0. The van der Waals surface area contributed by atoms with Crippen molar-refractivity contribution in [2.75, 3.05) is 19.8 Å². The Bertz CT molecular complexity index is 367. The lowest BCUT2D eigenvalue weighted by atomic mass is 10.0. The van der Waals surface area contributed by atoms with E-state index in [0.717, 1.165) is 26.1 Å². The Balaban J connectivity index is 3.68. The van der Waals surface area contributed by atoms with Crippen LogP contribution in [0.4, 0.5) is 0 Å². The monoisotopic (exact) mass is 482 g/mol. The fourth-order valence-corrected chi connectivity index (χ4v) is 4.35. The molecule has 0 aromatic rings. The number of aliphatic hydroxyl groups is 1. The molecular weight excluding hydrogens is 420 g/mol. The quantitative estimate of drug-likeness (QED) is 0.0654. The molecule has 0 amide bonds. The molecule has 0 bridgehead atoms. The van der Waals surface area contributed by atoms with Gasteiger partial charge in [-0.2, -0.15) is 0 Å². The van der Waals surface area contributed by atoms with Crippen LogP contribution in [-0.2, 0) is 9.47 Å². The molecule has 0 heterocycles. The molecule has 0 aromatic carbocycles. The minimum Gasteiger partial charge on any atom is -0.396 e. The van der Waals surface area contributed by atoms with Gasteiger partial charge in [0.2, 0.25) is 0 Å². The van der Waals surface area contributed by atoms with Gasteiger partial charge in [-0.05, 0) is 44.9 Å². The molecule has 0 aliphatic rings. The molecule has 0 spiro atoms. The fourth-order valence-electron chi connectivity index (χ4n) is 4.35. The third-order valence-corrected chi connectivity index (χ3v) is 6.63. The van der Waals surface area contributed by atoms with Crippen molar-refractivity contribution in [2.24, 2.45) is 0 Å². The van der Waals surface area contributed by atoms with Crippen molar-refractivity contribution >= 4 is 0 Å². The van der Waals surface area contributed by atoms with Crippen LogP contribution in [0.1, 0.15) is 162 Å². The highest BCUT2D eigenvalue weighted by atomic mass is 16.7. The smallest absolute Gasteiger partial charge is 0.157 e. The zero-order valence-electron chi connectivity index (χ0n) is 23.4. The van der Waals surface area contributed by atoms with Crippen LogP contribution < -0.4 is 0 Å². The fraction of sp³-hybridized carbons (Fsp3) is 0.935. The zero-order valence-corrected chi connectivity index (χ0v) is 23.4. The summed E-state index contributed by atoms with van der Waals surface area (Å²) >= 11 is 0.